The number of rotatable bonds is 4. The van der Waals surface area contributed by atoms with Crippen molar-refractivity contribution in [3.05, 3.63) is 47.9 Å². The number of fused-ring (bicyclic) bond motifs is 2. The molecule has 1 saturated carbocycles. The molecule has 3 aliphatic rings. The average molecular weight is 390 g/mol. The number of aromatic amines is 1. The van der Waals surface area contributed by atoms with E-state index in [0.717, 1.165) is 55.3 Å². The average Bonchev–Trinajstić information content (AvgIpc) is 3.53. The molecule has 3 aromatic rings. The quantitative estimate of drug-likeness (QED) is 0.690. The van der Waals surface area contributed by atoms with Crippen molar-refractivity contribution in [1.29, 1.82) is 0 Å². The third kappa shape index (κ3) is 3.15. The summed E-state index contributed by atoms with van der Waals surface area (Å²) in [5, 5.41) is 4.90. The van der Waals surface area contributed by atoms with E-state index in [1.54, 1.807) is 6.33 Å². The highest BCUT2D eigenvalue weighted by Gasteiger charge is 2.37. The fourth-order valence-electron chi connectivity index (χ4n) is 4.96. The maximum Gasteiger partial charge on any atom is 0.143 e. The van der Waals surface area contributed by atoms with Gasteiger partial charge in [0.05, 0.1) is 18.0 Å². The molecule has 1 aromatic carbocycles. The third-order valence-corrected chi connectivity index (χ3v) is 6.74. The van der Waals surface area contributed by atoms with Gasteiger partial charge in [-0.3, -0.25) is 0 Å². The maximum absolute atomic E-state index is 6.17. The summed E-state index contributed by atoms with van der Waals surface area (Å²) < 4.78 is 11.8. The second kappa shape index (κ2) is 7.02. The van der Waals surface area contributed by atoms with Gasteiger partial charge in [0.25, 0.3) is 0 Å². The molecule has 0 unspecified atom stereocenters. The zero-order chi connectivity index (χ0) is 19.2. The van der Waals surface area contributed by atoms with E-state index in [9.17, 15) is 0 Å². The van der Waals surface area contributed by atoms with Gasteiger partial charge in [0, 0.05) is 30.4 Å². The molecule has 2 fully saturated rings. The molecule has 2 N–H and O–H groups in total. The monoisotopic (exact) mass is 390 g/mol. The lowest BCUT2D eigenvalue weighted by Crippen LogP contribution is -2.38. The number of anilines is 1. The predicted octanol–water partition coefficient (Wildman–Crippen LogP) is 4.42. The van der Waals surface area contributed by atoms with E-state index in [1.165, 1.54) is 24.1 Å². The normalized spacial score (nSPS) is 24.8. The summed E-state index contributed by atoms with van der Waals surface area (Å²) in [7, 11) is 0. The van der Waals surface area contributed by atoms with Gasteiger partial charge in [0.1, 0.15) is 23.5 Å². The van der Waals surface area contributed by atoms with Gasteiger partial charge in [-0.15, -0.1) is 0 Å². The van der Waals surface area contributed by atoms with Crippen LogP contribution in [0.5, 0.6) is 5.75 Å². The standard InChI is InChI=1S/C23H26N4O2/c1-2-4-20-16(3-1)21(18(12-29-20)14-7-9-28-10-8-14)27-23-17-11-19(15-5-6-15)26-22(17)24-13-25-23/h1-4,11,13-15,18,21H,5-10,12H2,(H2,24,25,26,27)/t18-,21+/m0/s1. The topological polar surface area (TPSA) is 72.1 Å². The van der Waals surface area contributed by atoms with Crippen LogP contribution in [-0.4, -0.2) is 34.8 Å². The molecule has 6 nitrogen and oxygen atoms in total. The van der Waals surface area contributed by atoms with Crippen molar-refractivity contribution in [2.24, 2.45) is 11.8 Å². The van der Waals surface area contributed by atoms with Gasteiger partial charge in [-0.1, -0.05) is 18.2 Å². The van der Waals surface area contributed by atoms with Gasteiger partial charge in [-0.05, 0) is 49.7 Å². The van der Waals surface area contributed by atoms with E-state index >= 15 is 0 Å². The zero-order valence-corrected chi connectivity index (χ0v) is 16.4. The Morgan fingerprint density at radius 2 is 1.90 bits per heavy atom. The van der Waals surface area contributed by atoms with Crippen LogP contribution in [-0.2, 0) is 4.74 Å². The molecule has 0 radical (unpaired) electrons. The van der Waals surface area contributed by atoms with E-state index in [1.807, 2.05) is 6.07 Å². The number of nitrogens with one attached hydrogen (secondary N) is 2. The molecule has 6 heteroatoms. The molecule has 150 valence electrons. The van der Waals surface area contributed by atoms with Crippen LogP contribution in [0.3, 0.4) is 0 Å². The Morgan fingerprint density at radius 1 is 1.03 bits per heavy atom. The highest BCUT2D eigenvalue weighted by Crippen LogP contribution is 2.44. The summed E-state index contributed by atoms with van der Waals surface area (Å²) >= 11 is 0. The predicted molar refractivity (Wildman–Crippen MR) is 111 cm³/mol. The van der Waals surface area contributed by atoms with Gasteiger partial charge in [-0.25, -0.2) is 9.97 Å². The van der Waals surface area contributed by atoms with Gasteiger partial charge in [0.15, 0.2) is 0 Å². The van der Waals surface area contributed by atoms with Crippen molar-refractivity contribution in [3.63, 3.8) is 0 Å². The SMILES string of the molecule is c1ccc2c(c1)OC[C@@H](C1CCOCC1)[C@@H]2Nc1ncnc2[nH]c(C3CC3)cc12. The third-order valence-electron chi connectivity index (χ3n) is 6.74. The first kappa shape index (κ1) is 17.3. The van der Waals surface area contributed by atoms with E-state index in [0.29, 0.717) is 17.8 Å². The Labute approximate surface area is 170 Å². The fourth-order valence-corrected chi connectivity index (χ4v) is 4.96. The van der Waals surface area contributed by atoms with Crippen molar-refractivity contribution in [3.8, 4) is 5.75 Å². The fraction of sp³-hybridized carbons (Fsp3) is 0.478. The summed E-state index contributed by atoms with van der Waals surface area (Å²) in [6.07, 6.45) is 6.37. The number of hydrogen-bond donors (Lipinski definition) is 2. The number of nitrogens with zero attached hydrogens (tertiary/aromatic N) is 2. The maximum atomic E-state index is 6.17. The van der Waals surface area contributed by atoms with Crippen molar-refractivity contribution >= 4 is 16.9 Å². The van der Waals surface area contributed by atoms with Gasteiger partial charge in [-0.2, -0.15) is 0 Å². The Hall–Kier alpha value is -2.60. The molecule has 29 heavy (non-hydrogen) atoms. The summed E-state index contributed by atoms with van der Waals surface area (Å²) in [4.78, 5) is 12.6. The van der Waals surface area contributed by atoms with Crippen LogP contribution >= 0.6 is 0 Å². The molecular formula is C23H26N4O2. The number of para-hydroxylation sites is 1. The highest BCUT2D eigenvalue weighted by molar-refractivity contribution is 5.88. The summed E-state index contributed by atoms with van der Waals surface area (Å²) in [5.41, 5.74) is 3.43. The van der Waals surface area contributed by atoms with Crippen molar-refractivity contribution in [2.45, 2.75) is 37.6 Å². The largest absolute Gasteiger partial charge is 0.493 e. The molecule has 6 rings (SSSR count). The van der Waals surface area contributed by atoms with Gasteiger partial charge in [0.2, 0.25) is 0 Å². The second-order valence-corrected chi connectivity index (χ2v) is 8.57. The van der Waals surface area contributed by atoms with Crippen molar-refractivity contribution < 1.29 is 9.47 Å². The number of H-pyrrole nitrogens is 1. The lowest BCUT2D eigenvalue weighted by Gasteiger charge is -2.40. The minimum atomic E-state index is 0.167. The Bertz CT molecular complexity index is 1020. The molecule has 2 aromatic heterocycles. The number of ether oxygens (including phenoxy) is 2. The molecule has 1 aliphatic carbocycles. The first-order valence-electron chi connectivity index (χ1n) is 10.8. The molecule has 2 atom stereocenters. The van der Waals surface area contributed by atoms with Crippen LogP contribution in [0.1, 0.15) is 48.9 Å². The Morgan fingerprint density at radius 3 is 2.76 bits per heavy atom. The first-order valence-corrected chi connectivity index (χ1v) is 10.8. The molecule has 4 heterocycles. The van der Waals surface area contributed by atoms with Crippen LogP contribution in [0.25, 0.3) is 11.0 Å². The summed E-state index contributed by atoms with van der Waals surface area (Å²) in [6.45, 7) is 2.42. The zero-order valence-electron chi connectivity index (χ0n) is 16.4. The van der Waals surface area contributed by atoms with Crippen LogP contribution in [0.4, 0.5) is 5.82 Å². The van der Waals surface area contributed by atoms with Crippen molar-refractivity contribution in [1.82, 2.24) is 15.0 Å². The lowest BCUT2D eigenvalue weighted by atomic mass is 9.77. The molecule has 0 bridgehead atoms. The first-order chi connectivity index (χ1) is 14.4. The Balaban J connectivity index is 1.38. The van der Waals surface area contributed by atoms with Crippen LogP contribution < -0.4 is 10.1 Å². The minimum absolute atomic E-state index is 0.167. The lowest BCUT2D eigenvalue weighted by molar-refractivity contribution is 0.0264. The molecule has 2 aliphatic heterocycles. The van der Waals surface area contributed by atoms with Gasteiger partial charge < -0.3 is 19.8 Å². The van der Waals surface area contributed by atoms with E-state index in [4.69, 9.17) is 9.47 Å². The summed E-state index contributed by atoms with van der Waals surface area (Å²) in [6, 6.07) is 10.8. The smallest absolute Gasteiger partial charge is 0.143 e. The van der Waals surface area contributed by atoms with Crippen LogP contribution in [0, 0.1) is 11.8 Å². The number of aromatic nitrogens is 3. The number of hydrogen-bond acceptors (Lipinski definition) is 5. The highest BCUT2D eigenvalue weighted by atomic mass is 16.5. The molecule has 0 spiro atoms. The molecule has 0 amide bonds. The van der Waals surface area contributed by atoms with Gasteiger partial charge >= 0.3 is 0 Å². The van der Waals surface area contributed by atoms with E-state index in [-0.39, 0.29) is 6.04 Å². The summed E-state index contributed by atoms with van der Waals surface area (Å²) in [5.74, 6) is 3.53. The minimum Gasteiger partial charge on any atom is -0.493 e. The van der Waals surface area contributed by atoms with Crippen LogP contribution in [0.2, 0.25) is 0 Å². The molecular weight excluding hydrogens is 364 g/mol. The Kier molecular flexibility index (Phi) is 4.18. The van der Waals surface area contributed by atoms with E-state index in [2.05, 4.69) is 44.5 Å². The van der Waals surface area contributed by atoms with Crippen molar-refractivity contribution in [2.75, 3.05) is 25.1 Å². The van der Waals surface area contributed by atoms with E-state index < -0.39 is 0 Å². The van der Waals surface area contributed by atoms with Crippen LogP contribution in [0.15, 0.2) is 36.7 Å². The molecule has 1 saturated heterocycles. The number of benzene rings is 1. The second-order valence-electron chi connectivity index (χ2n) is 8.57.